The molecular weight excluding hydrogens is 216 g/mol. The summed E-state index contributed by atoms with van der Waals surface area (Å²) < 4.78 is 1.86. The molecule has 0 saturated heterocycles. The average Bonchev–Trinajstić information content (AvgIpc) is 2.56. The maximum Gasteiger partial charge on any atom is 0.309 e. The van der Waals surface area contributed by atoms with Crippen molar-refractivity contribution in [3.63, 3.8) is 0 Å². The molecule has 1 N–H and O–H groups in total. The number of aromatic nitrogens is 2. The lowest BCUT2D eigenvalue weighted by atomic mass is 9.90. The molecule has 2 aromatic heterocycles. The number of carboxylic acids is 1. The summed E-state index contributed by atoms with van der Waals surface area (Å²) in [6, 6.07) is 5.67. The molecule has 0 aromatic carbocycles. The third-order valence-electron chi connectivity index (χ3n) is 2.66. The van der Waals surface area contributed by atoms with Crippen molar-refractivity contribution in [1.29, 1.82) is 0 Å². The van der Waals surface area contributed by atoms with E-state index in [0.717, 1.165) is 17.0 Å². The molecule has 0 saturated carbocycles. The van der Waals surface area contributed by atoms with Gasteiger partial charge in [-0.15, -0.1) is 0 Å². The Labute approximate surface area is 99.9 Å². The quantitative estimate of drug-likeness (QED) is 0.864. The predicted octanol–water partition coefficient (Wildman–Crippen LogP) is 2.26. The summed E-state index contributed by atoms with van der Waals surface area (Å²) in [4.78, 5) is 15.5. The van der Waals surface area contributed by atoms with Crippen LogP contribution in [0.25, 0.3) is 5.65 Å². The van der Waals surface area contributed by atoms with Crippen LogP contribution in [-0.4, -0.2) is 20.5 Å². The first-order valence-corrected chi connectivity index (χ1v) is 5.58. The highest BCUT2D eigenvalue weighted by Gasteiger charge is 2.24. The molecule has 0 radical (unpaired) electrons. The highest BCUT2D eigenvalue weighted by molar-refractivity contribution is 5.70. The number of pyridine rings is 1. The smallest absolute Gasteiger partial charge is 0.309 e. The van der Waals surface area contributed by atoms with E-state index in [-0.39, 0.29) is 11.8 Å². The van der Waals surface area contributed by atoms with Crippen LogP contribution >= 0.6 is 0 Å². The third-order valence-corrected chi connectivity index (χ3v) is 2.66. The van der Waals surface area contributed by atoms with Gasteiger partial charge < -0.3 is 9.51 Å². The Bertz CT molecular complexity index is 564. The number of fused-ring (bicyclic) bond motifs is 1. The van der Waals surface area contributed by atoms with Gasteiger partial charge in [-0.05, 0) is 12.1 Å². The summed E-state index contributed by atoms with van der Waals surface area (Å²) in [7, 11) is 0. The molecule has 0 fully saturated rings. The number of hydrogen-bond acceptors (Lipinski definition) is 2. The van der Waals surface area contributed by atoms with Gasteiger partial charge in [0, 0.05) is 11.6 Å². The van der Waals surface area contributed by atoms with Crippen molar-refractivity contribution >= 4 is 11.6 Å². The van der Waals surface area contributed by atoms with Gasteiger partial charge in [0.05, 0.1) is 17.8 Å². The molecule has 2 rings (SSSR count). The Balaban J connectivity index is 2.69. The number of hydrogen-bond donors (Lipinski definition) is 1. The Morgan fingerprint density at radius 1 is 1.41 bits per heavy atom. The van der Waals surface area contributed by atoms with E-state index in [2.05, 4.69) is 4.98 Å². The van der Waals surface area contributed by atoms with E-state index in [0.29, 0.717) is 0 Å². The molecular formula is C13H16N2O2. The summed E-state index contributed by atoms with van der Waals surface area (Å²) in [5.41, 5.74) is 2.26. The Morgan fingerprint density at radius 3 is 2.71 bits per heavy atom. The topological polar surface area (TPSA) is 54.6 Å². The van der Waals surface area contributed by atoms with Crippen molar-refractivity contribution in [2.45, 2.75) is 32.6 Å². The summed E-state index contributed by atoms with van der Waals surface area (Å²) in [6.07, 6.45) is 1.85. The second kappa shape index (κ2) is 3.87. The van der Waals surface area contributed by atoms with E-state index in [4.69, 9.17) is 5.11 Å². The van der Waals surface area contributed by atoms with Crippen LogP contribution in [0, 0.1) is 0 Å². The first-order valence-electron chi connectivity index (χ1n) is 5.58. The number of imidazole rings is 1. The lowest BCUT2D eigenvalue weighted by molar-refractivity contribution is -0.136. The van der Waals surface area contributed by atoms with Crippen molar-refractivity contribution in [3.8, 4) is 0 Å². The fourth-order valence-electron chi connectivity index (χ4n) is 1.96. The van der Waals surface area contributed by atoms with Crippen molar-refractivity contribution in [2.24, 2.45) is 0 Å². The normalized spacial score (nSPS) is 11.9. The molecule has 4 heteroatoms. The van der Waals surface area contributed by atoms with Crippen LogP contribution < -0.4 is 0 Å². The molecule has 0 spiro atoms. The minimum Gasteiger partial charge on any atom is -0.481 e. The number of nitrogens with zero attached hydrogens (tertiary/aromatic N) is 2. The van der Waals surface area contributed by atoms with Crippen molar-refractivity contribution < 1.29 is 9.90 Å². The Hall–Kier alpha value is -1.84. The standard InChI is InChI=1S/C13H16N2O2/c1-13(2,3)12-9(8-11(16)17)15-7-5-4-6-10(15)14-12/h4-7H,8H2,1-3H3,(H,16,17). The lowest BCUT2D eigenvalue weighted by Crippen LogP contribution is -2.16. The predicted molar refractivity (Wildman–Crippen MR) is 65.2 cm³/mol. The van der Waals surface area contributed by atoms with Gasteiger partial charge in [0.25, 0.3) is 0 Å². The lowest BCUT2D eigenvalue weighted by Gasteiger charge is -2.17. The molecule has 0 unspecified atom stereocenters. The molecule has 17 heavy (non-hydrogen) atoms. The van der Waals surface area contributed by atoms with E-state index in [1.807, 2.05) is 49.6 Å². The fraction of sp³-hybridized carbons (Fsp3) is 0.385. The van der Waals surface area contributed by atoms with Gasteiger partial charge in [0.2, 0.25) is 0 Å². The van der Waals surface area contributed by atoms with Crippen LogP contribution in [-0.2, 0) is 16.6 Å². The van der Waals surface area contributed by atoms with E-state index in [1.54, 1.807) is 0 Å². The SMILES string of the molecule is CC(C)(C)c1nc2ccccn2c1CC(=O)O. The summed E-state index contributed by atoms with van der Waals surface area (Å²) in [5, 5.41) is 8.99. The molecule has 0 amide bonds. The van der Waals surface area contributed by atoms with Gasteiger partial charge in [-0.2, -0.15) is 0 Å². The summed E-state index contributed by atoms with van der Waals surface area (Å²) in [6.45, 7) is 6.13. The third kappa shape index (κ3) is 2.16. The molecule has 2 aromatic rings. The molecule has 0 atom stereocenters. The van der Waals surface area contributed by atoms with E-state index < -0.39 is 5.97 Å². The fourth-order valence-corrected chi connectivity index (χ4v) is 1.96. The maximum atomic E-state index is 10.9. The molecule has 90 valence electrons. The number of carbonyl (C=O) groups is 1. The highest BCUT2D eigenvalue weighted by atomic mass is 16.4. The van der Waals surface area contributed by atoms with E-state index in [9.17, 15) is 4.79 Å². The van der Waals surface area contributed by atoms with Gasteiger partial charge in [-0.3, -0.25) is 4.79 Å². The van der Waals surface area contributed by atoms with Crippen LogP contribution in [0.15, 0.2) is 24.4 Å². The van der Waals surface area contributed by atoms with Crippen LogP contribution in [0.2, 0.25) is 0 Å². The first kappa shape index (κ1) is 11.6. The largest absolute Gasteiger partial charge is 0.481 e. The van der Waals surface area contributed by atoms with E-state index >= 15 is 0 Å². The molecule has 0 aliphatic heterocycles. The zero-order chi connectivity index (χ0) is 12.6. The average molecular weight is 232 g/mol. The van der Waals surface area contributed by atoms with Crippen LogP contribution in [0.4, 0.5) is 0 Å². The zero-order valence-electron chi connectivity index (χ0n) is 10.3. The number of carboxylic acid groups (broad SMARTS) is 1. The van der Waals surface area contributed by atoms with Crippen molar-refractivity contribution in [1.82, 2.24) is 9.38 Å². The minimum absolute atomic E-state index is 0.00220. The monoisotopic (exact) mass is 232 g/mol. The minimum atomic E-state index is -0.832. The number of rotatable bonds is 2. The summed E-state index contributed by atoms with van der Waals surface area (Å²) in [5.74, 6) is -0.832. The van der Waals surface area contributed by atoms with Gasteiger partial charge in [-0.1, -0.05) is 26.8 Å². The summed E-state index contributed by atoms with van der Waals surface area (Å²) >= 11 is 0. The molecule has 0 aliphatic rings. The Kier molecular flexibility index (Phi) is 2.65. The molecule has 0 aliphatic carbocycles. The zero-order valence-corrected chi connectivity index (χ0v) is 10.3. The molecule has 4 nitrogen and oxygen atoms in total. The van der Waals surface area contributed by atoms with Crippen LogP contribution in [0.1, 0.15) is 32.2 Å². The Morgan fingerprint density at radius 2 is 2.12 bits per heavy atom. The second-order valence-electron chi connectivity index (χ2n) is 5.16. The number of aliphatic carboxylic acids is 1. The second-order valence-corrected chi connectivity index (χ2v) is 5.16. The van der Waals surface area contributed by atoms with Crippen LogP contribution in [0.5, 0.6) is 0 Å². The van der Waals surface area contributed by atoms with Gasteiger partial charge in [-0.25, -0.2) is 4.98 Å². The molecule has 2 heterocycles. The van der Waals surface area contributed by atoms with Gasteiger partial charge >= 0.3 is 5.97 Å². The maximum absolute atomic E-state index is 10.9. The highest BCUT2D eigenvalue weighted by Crippen LogP contribution is 2.26. The van der Waals surface area contributed by atoms with Gasteiger partial charge in [0.15, 0.2) is 0 Å². The first-order chi connectivity index (χ1) is 7.89. The van der Waals surface area contributed by atoms with Crippen molar-refractivity contribution in [2.75, 3.05) is 0 Å². The van der Waals surface area contributed by atoms with Crippen LogP contribution in [0.3, 0.4) is 0 Å². The molecule has 0 bridgehead atoms. The van der Waals surface area contributed by atoms with Crippen molar-refractivity contribution in [3.05, 3.63) is 35.8 Å². The van der Waals surface area contributed by atoms with Gasteiger partial charge in [0.1, 0.15) is 5.65 Å². The van der Waals surface area contributed by atoms with E-state index in [1.165, 1.54) is 0 Å².